The second-order valence-electron chi connectivity index (χ2n) is 5.54. The molecular formula is C21H22O2. The van der Waals surface area contributed by atoms with Gasteiger partial charge in [-0.3, -0.25) is 4.79 Å². The van der Waals surface area contributed by atoms with Crippen molar-refractivity contribution in [2.24, 2.45) is 0 Å². The third-order valence-corrected chi connectivity index (χ3v) is 3.83. The van der Waals surface area contributed by atoms with Crippen LogP contribution in [0.2, 0.25) is 0 Å². The van der Waals surface area contributed by atoms with Gasteiger partial charge in [-0.1, -0.05) is 37.8 Å². The number of methoxy groups -OCH3 is 1. The van der Waals surface area contributed by atoms with E-state index in [0.717, 1.165) is 28.9 Å². The van der Waals surface area contributed by atoms with Gasteiger partial charge < -0.3 is 4.74 Å². The monoisotopic (exact) mass is 306 g/mol. The van der Waals surface area contributed by atoms with E-state index in [1.807, 2.05) is 62.4 Å². The fourth-order valence-electron chi connectivity index (χ4n) is 2.32. The van der Waals surface area contributed by atoms with Gasteiger partial charge in [-0.2, -0.15) is 0 Å². The van der Waals surface area contributed by atoms with Gasteiger partial charge in [-0.05, 0) is 48.4 Å². The average Bonchev–Trinajstić information content (AvgIpc) is 2.60. The molecular weight excluding hydrogens is 284 g/mol. The number of ketones is 1. The van der Waals surface area contributed by atoms with Crippen molar-refractivity contribution in [3.63, 3.8) is 0 Å². The molecule has 0 saturated carbocycles. The van der Waals surface area contributed by atoms with Crippen LogP contribution in [0.1, 0.15) is 49.3 Å². The van der Waals surface area contributed by atoms with Crippen LogP contribution in [0.5, 0.6) is 5.75 Å². The third kappa shape index (κ3) is 4.72. The van der Waals surface area contributed by atoms with Gasteiger partial charge in [-0.25, -0.2) is 0 Å². The van der Waals surface area contributed by atoms with Crippen LogP contribution in [0.25, 0.3) is 0 Å². The number of hydrogen-bond acceptors (Lipinski definition) is 2. The zero-order chi connectivity index (χ0) is 16.7. The summed E-state index contributed by atoms with van der Waals surface area (Å²) in [5.41, 5.74) is 2.94. The second-order valence-corrected chi connectivity index (χ2v) is 5.54. The van der Waals surface area contributed by atoms with Gasteiger partial charge >= 0.3 is 0 Å². The summed E-state index contributed by atoms with van der Waals surface area (Å²) in [6.45, 7) is 4.00. The molecule has 0 heterocycles. The highest BCUT2D eigenvalue weighted by atomic mass is 16.5. The fraction of sp³-hybridized carbons (Fsp3) is 0.286. The normalized spacial score (nSPS) is 11.3. The summed E-state index contributed by atoms with van der Waals surface area (Å²) in [7, 11) is 1.65. The molecule has 1 atom stereocenters. The summed E-state index contributed by atoms with van der Waals surface area (Å²) in [4.78, 5) is 12.0. The van der Waals surface area contributed by atoms with Crippen LogP contribution in [-0.4, -0.2) is 12.9 Å². The SMILES string of the molecule is CCCC(=O)C(C)c1ccc(C#Cc2ccc(OC)cc2)cc1. The predicted molar refractivity (Wildman–Crippen MR) is 93.7 cm³/mol. The van der Waals surface area contributed by atoms with Gasteiger partial charge in [0.15, 0.2) is 0 Å². The molecule has 1 unspecified atom stereocenters. The van der Waals surface area contributed by atoms with E-state index in [0.29, 0.717) is 12.2 Å². The molecule has 23 heavy (non-hydrogen) atoms. The minimum atomic E-state index is -0.0430. The number of carbonyl (C=O) groups excluding carboxylic acids is 1. The van der Waals surface area contributed by atoms with Crippen LogP contribution < -0.4 is 4.74 Å². The number of carbonyl (C=O) groups is 1. The minimum Gasteiger partial charge on any atom is -0.497 e. The number of Topliss-reactive ketones (excluding diaryl/α,β-unsaturated/α-hetero) is 1. The fourth-order valence-corrected chi connectivity index (χ4v) is 2.32. The van der Waals surface area contributed by atoms with Crippen LogP contribution in [0.3, 0.4) is 0 Å². The molecule has 0 bridgehead atoms. The van der Waals surface area contributed by atoms with Crippen molar-refractivity contribution in [3.05, 3.63) is 65.2 Å². The van der Waals surface area contributed by atoms with Crippen molar-refractivity contribution in [1.29, 1.82) is 0 Å². The summed E-state index contributed by atoms with van der Waals surface area (Å²) in [5, 5.41) is 0. The number of hydrogen-bond donors (Lipinski definition) is 0. The maximum atomic E-state index is 12.0. The maximum absolute atomic E-state index is 12.0. The molecule has 0 spiro atoms. The first-order chi connectivity index (χ1) is 11.1. The lowest BCUT2D eigenvalue weighted by molar-refractivity contribution is -0.120. The molecule has 118 valence electrons. The molecule has 2 heteroatoms. The molecule has 0 aromatic heterocycles. The summed E-state index contributed by atoms with van der Waals surface area (Å²) in [6, 6.07) is 15.6. The van der Waals surface area contributed by atoms with E-state index in [1.165, 1.54) is 0 Å². The van der Waals surface area contributed by atoms with E-state index < -0.39 is 0 Å². The highest BCUT2D eigenvalue weighted by Gasteiger charge is 2.13. The summed E-state index contributed by atoms with van der Waals surface area (Å²) >= 11 is 0. The number of ether oxygens (including phenoxy) is 1. The second kappa shape index (κ2) is 8.19. The van der Waals surface area contributed by atoms with Crippen LogP contribution in [0.4, 0.5) is 0 Å². The van der Waals surface area contributed by atoms with Crippen molar-refractivity contribution >= 4 is 5.78 Å². The van der Waals surface area contributed by atoms with E-state index in [1.54, 1.807) is 7.11 Å². The standard InChI is InChI=1S/C21H22O2/c1-4-5-21(22)16(2)19-12-8-17(9-13-19)6-7-18-10-14-20(23-3)15-11-18/h8-16H,4-5H2,1-3H3. The average molecular weight is 306 g/mol. The van der Waals surface area contributed by atoms with Gasteiger partial charge in [0.25, 0.3) is 0 Å². The quantitative estimate of drug-likeness (QED) is 0.757. The molecule has 0 N–H and O–H groups in total. The van der Waals surface area contributed by atoms with Crippen LogP contribution in [0, 0.1) is 11.8 Å². The number of benzene rings is 2. The van der Waals surface area contributed by atoms with E-state index in [4.69, 9.17) is 4.74 Å². The first-order valence-corrected chi connectivity index (χ1v) is 7.92. The van der Waals surface area contributed by atoms with Crippen LogP contribution in [-0.2, 0) is 4.79 Å². The maximum Gasteiger partial charge on any atom is 0.140 e. The lowest BCUT2D eigenvalue weighted by atomic mass is 9.93. The molecule has 0 aliphatic heterocycles. The van der Waals surface area contributed by atoms with Crippen LogP contribution in [0.15, 0.2) is 48.5 Å². The Morgan fingerprint density at radius 1 is 1.00 bits per heavy atom. The van der Waals surface area contributed by atoms with Crippen molar-refractivity contribution in [2.45, 2.75) is 32.6 Å². The predicted octanol–water partition coefficient (Wildman–Crippen LogP) is 4.57. The van der Waals surface area contributed by atoms with Gasteiger partial charge in [0.05, 0.1) is 7.11 Å². The number of rotatable bonds is 5. The minimum absolute atomic E-state index is 0.0430. The van der Waals surface area contributed by atoms with Gasteiger partial charge in [0.2, 0.25) is 0 Å². The molecule has 0 aliphatic carbocycles. The van der Waals surface area contributed by atoms with Gasteiger partial charge in [0.1, 0.15) is 11.5 Å². The zero-order valence-electron chi connectivity index (χ0n) is 13.9. The smallest absolute Gasteiger partial charge is 0.140 e. The Morgan fingerprint density at radius 3 is 2.00 bits per heavy atom. The molecule has 2 aromatic carbocycles. The van der Waals surface area contributed by atoms with Crippen molar-refractivity contribution < 1.29 is 9.53 Å². The largest absolute Gasteiger partial charge is 0.497 e. The molecule has 0 fully saturated rings. The highest BCUT2D eigenvalue weighted by Crippen LogP contribution is 2.19. The Hall–Kier alpha value is -2.53. The molecule has 0 aliphatic rings. The molecule has 2 aromatic rings. The van der Waals surface area contributed by atoms with E-state index in [2.05, 4.69) is 11.8 Å². The Balaban J connectivity index is 2.08. The molecule has 0 amide bonds. The van der Waals surface area contributed by atoms with Gasteiger partial charge in [-0.15, -0.1) is 0 Å². The Morgan fingerprint density at radius 2 is 1.52 bits per heavy atom. The summed E-state index contributed by atoms with van der Waals surface area (Å²) in [5.74, 6) is 7.35. The zero-order valence-corrected chi connectivity index (χ0v) is 13.9. The van der Waals surface area contributed by atoms with Gasteiger partial charge in [0, 0.05) is 23.5 Å². The van der Waals surface area contributed by atoms with E-state index in [9.17, 15) is 4.79 Å². The first-order valence-electron chi connectivity index (χ1n) is 7.92. The highest BCUT2D eigenvalue weighted by molar-refractivity contribution is 5.85. The summed E-state index contributed by atoms with van der Waals surface area (Å²) < 4.78 is 5.13. The lowest BCUT2D eigenvalue weighted by Crippen LogP contribution is -2.08. The molecule has 0 radical (unpaired) electrons. The Bertz CT molecular complexity index is 700. The molecule has 0 saturated heterocycles. The lowest BCUT2D eigenvalue weighted by Gasteiger charge is -2.10. The van der Waals surface area contributed by atoms with E-state index >= 15 is 0 Å². The van der Waals surface area contributed by atoms with E-state index in [-0.39, 0.29) is 5.92 Å². The summed E-state index contributed by atoms with van der Waals surface area (Å²) in [6.07, 6.45) is 1.54. The van der Waals surface area contributed by atoms with Crippen LogP contribution >= 0.6 is 0 Å². The Kier molecular flexibility index (Phi) is 6.00. The Labute approximate surface area is 138 Å². The molecule has 2 rings (SSSR count). The van der Waals surface area contributed by atoms with Crippen molar-refractivity contribution in [1.82, 2.24) is 0 Å². The third-order valence-electron chi connectivity index (χ3n) is 3.83. The topological polar surface area (TPSA) is 26.3 Å². The van der Waals surface area contributed by atoms with Crippen molar-refractivity contribution in [3.8, 4) is 17.6 Å². The molecule has 2 nitrogen and oxygen atoms in total. The first kappa shape index (κ1) is 16.8. The van der Waals surface area contributed by atoms with Crippen molar-refractivity contribution in [2.75, 3.05) is 7.11 Å².